The van der Waals surface area contributed by atoms with E-state index in [0.29, 0.717) is 13.2 Å². The Kier molecular flexibility index (Phi) is 7.09. The third-order valence-corrected chi connectivity index (χ3v) is 6.02. The van der Waals surface area contributed by atoms with Crippen LogP contribution in [0.25, 0.3) is 0 Å². The molecule has 0 amide bonds. The summed E-state index contributed by atoms with van der Waals surface area (Å²) in [5.74, 6) is 0. The maximum atomic E-state index is 5.64. The molecule has 0 bridgehead atoms. The highest BCUT2D eigenvalue weighted by molar-refractivity contribution is 8.09. The SMILES string of the molecule is CCOP(=S)(CCN1CCCCC1)OCC. The summed E-state index contributed by atoms with van der Waals surface area (Å²) in [6, 6.07) is 0. The second-order valence-corrected chi connectivity index (χ2v) is 7.93. The van der Waals surface area contributed by atoms with E-state index >= 15 is 0 Å². The topological polar surface area (TPSA) is 21.7 Å². The first kappa shape index (κ1) is 14.6. The molecule has 96 valence electrons. The van der Waals surface area contributed by atoms with E-state index in [-0.39, 0.29) is 0 Å². The molecule has 0 saturated carbocycles. The van der Waals surface area contributed by atoms with Crippen LogP contribution in [-0.2, 0) is 20.9 Å². The minimum absolute atomic E-state index is 0.664. The Morgan fingerprint density at radius 1 is 1.06 bits per heavy atom. The third-order valence-electron chi connectivity index (χ3n) is 2.79. The van der Waals surface area contributed by atoms with Crippen molar-refractivity contribution in [3.63, 3.8) is 0 Å². The number of hydrogen-bond donors (Lipinski definition) is 0. The van der Waals surface area contributed by atoms with Gasteiger partial charge in [-0.05, 0) is 51.6 Å². The maximum Gasteiger partial charge on any atom is 0.189 e. The molecule has 3 nitrogen and oxygen atoms in total. The number of rotatable bonds is 7. The molecule has 0 aromatic carbocycles. The van der Waals surface area contributed by atoms with E-state index in [0.717, 1.165) is 12.7 Å². The van der Waals surface area contributed by atoms with Gasteiger partial charge in [0.2, 0.25) is 0 Å². The second-order valence-electron chi connectivity index (χ2n) is 4.07. The molecular formula is C11H24NO2PS. The van der Waals surface area contributed by atoms with Crippen LogP contribution in [0, 0.1) is 0 Å². The number of piperidine rings is 1. The van der Waals surface area contributed by atoms with Gasteiger partial charge in [-0.1, -0.05) is 6.42 Å². The Morgan fingerprint density at radius 2 is 1.62 bits per heavy atom. The van der Waals surface area contributed by atoms with Gasteiger partial charge >= 0.3 is 0 Å². The smallest absolute Gasteiger partial charge is 0.189 e. The molecule has 1 saturated heterocycles. The Labute approximate surface area is 105 Å². The second kappa shape index (κ2) is 7.78. The zero-order valence-electron chi connectivity index (χ0n) is 10.5. The summed E-state index contributed by atoms with van der Waals surface area (Å²) in [5.41, 5.74) is 0. The van der Waals surface area contributed by atoms with Crippen LogP contribution in [0.2, 0.25) is 0 Å². The van der Waals surface area contributed by atoms with E-state index in [1.165, 1.54) is 32.4 Å². The molecule has 0 radical (unpaired) electrons. The fourth-order valence-electron chi connectivity index (χ4n) is 2.01. The summed E-state index contributed by atoms with van der Waals surface area (Å²) >= 11 is 5.51. The zero-order chi connectivity index (χ0) is 11.9. The quantitative estimate of drug-likeness (QED) is 0.660. The van der Waals surface area contributed by atoms with Gasteiger partial charge in [-0.3, -0.25) is 0 Å². The molecular weight excluding hydrogens is 241 g/mol. The zero-order valence-corrected chi connectivity index (χ0v) is 12.2. The summed E-state index contributed by atoms with van der Waals surface area (Å²) in [6.07, 6.45) is 4.92. The number of hydrogen-bond acceptors (Lipinski definition) is 4. The average Bonchev–Trinajstić information content (AvgIpc) is 2.29. The predicted octanol–water partition coefficient (Wildman–Crippen LogP) is 2.85. The van der Waals surface area contributed by atoms with Gasteiger partial charge in [0, 0.05) is 12.7 Å². The van der Waals surface area contributed by atoms with Gasteiger partial charge < -0.3 is 13.9 Å². The van der Waals surface area contributed by atoms with E-state index in [2.05, 4.69) is 4.90 Å². The van der Waals surface area contributed by atoms with Gasteiger partial charge in [0.05, 0.1) is 13.2 Å². The molecule has 16 heavy (non-hydrogen) atoms. The van der Waals surface area contributed by atoms with Crippen molar-refractivity contribution in [2.45, 2.75) is 33.1 Å². The molecule has 1 rings (SSSR count). The van der Waals surface area contributed by atoms with Crippen molar-refractivity contribution in [2.24, 2.45) is 0 Å². The highest BCUT2D eigenvalue weighted by Gasteiger charge is 2.20. The highest BCUT2D eigenvalue weighted by atomic mass is 32.5. The van der Waals surface area contributed by atoms with Crippen molar-refractivity contribution >= 4 is 18.3 Å². The largest absolute Gasteiger partial charge is 0.330 e. The van der Waals surface area contributed by atoms with Crippen LogP contribution in [0.5, 0.6) is 0 Å². The standard InChI is InChI=1S/C11H24NO2PS/c1-3-13-15(16,14-4-2)11-10-12-8-6-5-7-9-12/h3-11H2,1-2H3. The monoisotopic (exact) mass is 265 g/mol. The van der Waals surface area contributed by atoms with Crippen molar-refractivity contribution in [1.82, 2.24) is 4.90 Å². The van der Waals surface area contributed by atoms with E-state index in [4.69, 9.17) is 20.9 Å². The van der Waals surface area contributed by atoms with Gasteiger partial charge in [0.25, 0.3) is 0 Å². The van der Waals surface area contributed by atoms with E-state index in [1.807, 2.05) is 13.8 Å². The molecule has 0 aromatic rings. The first-order valence-electron chi connectivity index (χ1n) is 6.30. The fourth-order valence-corrected chi connectivity index (χ4v) is 4.53. The lowest BCUT2D eigenvalue weighted by Crippen LogP contribution is -2.32. The van der Waals surface area contributed by atoms with Crippen LogP contribution >= 0.6 is 6.49 Å². The van der Waals surface area contributed by atoms with Crippen molar-refractivity contribution in [1.29, 1.82) is 0 Å². The summed E-state index contributed by atoms with van der Waals surface area (Å²) in [5, 5.41) is 0. The molecule has 0 unspecified atom stereocenters. The minimum atomic E-state index is -1.99. The molecule has 0 spiro atoms. The summed E-state index contributed by atoms with van der Waals surface area (Å²) in [6.45, 7) is 6.78. The van der Waals surface area contributed by atoms with Crippen LogP contribution in [0.3, 0.4) is 0 Å². The Bertz CT molecular complexity index is 222. The molecule has 1 aliphatic rings. The van der Waals surface area contributed by atoms with Crippen molar-refractivity contribution in [2.75, 3.05) is 39.0 Å². The van der Waals surface area contributed by atoms with Gasteiger partial charge in [-0.25, -0.2) is 0 Å². The molecule has 0 atom stereocenters. The molecule has 0 aliphatic carbocycles. The summed E-state index contributed by atoms with van der Waals surface area (Å²) in [7, 11) is 0. The first-order valence-corrected chi connectivity index (χ1v) is 9.13. The summed E-state index contributed by atoms with van der Waals surface area (Å²) < 4.78 is 11.3. The molecule has 1 aliphatic heterocycles. The van der Waals surface area contributed by atoms with E-state index in [1.54, 1.807) is 0 Å². The van der Waals surface area contributed by atoms with Crippen LogP contribution < -0.4 is 0 Å². The van der Waals surface area contributed by atoms with Crippen molar-refractivity contribution in [3.8, 4) is 0 Å². The Hall–Kier alpha value is 0.530. The Morgan fingerprint density at radius 3 is 2.12 bits per heavy atom. The van der Waals surface area contributed by atoms with Gasteiger partial charge in [-0.2, -0.15) is 0 Å². The average molecular weight is 265 g/mol. The van der Waals surface area contributed by atoms with Crippen molar-refractivity contribution < 1.29 is 9.05 Å². The van der Waals surface area contributed by atoms with Crippen LogP contribution in [-0.4, -0.2) is 43.9 Å². The van der Waals surface area contributed by atoms with Gasteiger partial charge in [0.1, 0.15) is 0 Å². The van der Waals surface area contributed by atoms with Crippen LogP contribution in [0.15, 0.2) is 0 Å². The third kappa shape index (κ3) is 5.24. The lowest BCUT2D eigenvalue weighted by molar-refractivity contribution is 0.228. The lowest BCUT2D eigenvalue weighted by Gasteiger charge is -2.29. The molecule has 5 heteroatoms. The van der Waals surface area contributed by atoms with E-state index in [9.17, 15) is 0 Å². The molecule has 1 fully saturated rings. The van der Waals surface area contributed by atoms with E-state index < -0.39 is 6.49 Å². The summed E-state index contributed by atoms with van der Waals surface area (Å²) in [4.78, 5) is 2.49. The fraction of sp³-hybridized carbons (Fsp3) is 1.00. The Balaban J connectivity index is 2.33. The number of nitrogens with zero attached hydrogens (tertiary/aromatic N) is 1. The highest BCUT2D eigenvalue weighted by Crippen LogP contribution is 2.48. The number of likely N-dealkylation sites (tertiary alicyclic amines) is 1. The first-order chi connectivity index (χ1) is 7.70. The van der Waals surface area contributed by atoms with Crippen LogP contribution in [0.1, 0.15) is 33.1 Å². The van der Waals surface area contributed by atoms with Crippen molar-refractivity contribution in [3.05, 3.63) is 0 Å². The maximum absolute atomic E-state index is 5.64. The normalized spacial score (nSPS) is 18.9. The lowest BCUT2D eigenvalue weighted by atomic mass is 10.1. The van der Waals surface area contributed by atoms with Crippen LogP contribution in [0.4, 0.5) is 0 Å². The van der Waals surface area contributed by atoms with Gasteiger partial charge in [-0.15, -0.1) is 0 Å². The molecule has 0 N–H and O–H groups in total. The minimum Gasteiger partial charge on any atom is -0.330 e. The molecule has 1 heterocycles. The van der Waals surface area contributed by atoms with Gasteiger partial charge in [0.15, 0.2) is 6.49 Å². The predicted molar refractivity (Wildman–Crippen MR) is 72.7 cm³/mol. The molecule has 0 aromatic heterocycles.